The van der Waals surface area contributed by atoms with Crippen molar-refractivity contribution in [2.24, 2.45) is 17.8 Å². The highest BCUT2D eigenvalue weighted by molar-refractivity contribution is 5.24. The third-order valence-corrected chi connectivity index (χ3v) is 6.53. The predicted octanol–water partition coefficient (Wildman–Crippen LogP) is 6.98. The van der Waals surface area contributed by atoms with Gasteiger partial charge in [-0.2, -0.15) is 0 Å². The summed E-state index contributed by atoms with van der Waals surface area (Å²) in [6.45, 7) is 2.27. The molecule has 3 heteroatoms. The first-order chi connectivity index (χ1) is 11.6. The number of hydrogen-bond acceptors (Lipinski definition) is 0. The zero-order valence-electron chi connectivity index (χ0n) is 14.7. The molecule has 0 amide bonds. The summed E-state index contributed by atoms with van der Waals surface area (Å²) < 4.78 is 40.6. The van der Waals surface area contributed by atoms with E-state index in [0.29, 0.717) is 5.56 Å². The van der Waals surface area contributed by atoms with Gasteiger partial charge in [-0.3, -0.25) is 0 Å². The molecule has 0 aromatic heterocycles. The van der Waals surface area contributed by atoms with E-state index in [0.717, 1.165) is 49.5 Å². The van der Waals surface area contributed by atoms with Crippen LogP contribution >= 0.6 is 0 Å². The van der Waals surface area contributed by atoms with Gasteiger partial charge in [0.2, 0.25) is 0 Å². The van der Waals surface area contributed by atoms with E-state index in [1.54, 1.807) is 0 Å². The van der Waals surface area contributed by atoms with Gasteiger partial charge in [0.25, 0.3) is 0 Å². The van der Waals surface area contributed by atoms with Gasteiger partial charge in [-0.1, -0.05) is 38.7 Å². The smallest absolute Gasteiger partial charge is 0.194 e. The molecule has 0 N–H and O–H groups in total. The van der Waals surface area contributed by atoms with Crippen molar-refractivity contribution in [1.82, 2.24) is 0 Å². The van der Waals surface area contributed by atoms with E-state index in [9.17, 15) is 13.2 Å². The van der Waals surface area contributed by atoms with Crippen LogP contribution in [0.1, 0.15) is 82.6 Å². The van der Waals surface area contributed by atoms with Gasteiger partial charge in [-0.25, -0.2) is 13.2 Å². The van der Waals surface area contributed by atoms with Crippen molar-refractivity contribution >= 4 is 0 Å². The zero-order chi connectivity index (χ0) is 17.1. The van der Waals surface area contributed by atoms with Crippen LogP contribution in [0.3, 0.4) is 0 Å². The lowest BCUT2D eigenvalue weighted by Crippen LogP contribution is -2.25. The second-order valence-electron chi connectivity index (χ2n) is 7.95. The highest BCUT2D eigenvalue weighted by Gasteiger charge is 2.32. The Morgan fingerprint density at radius 1 is 0.792 bits per heavy atom. The monoisotopic (exact) mass is 338 g/mol. The van der Waals surface area contributed by atoms with Crippen LogP contribution in [0.4, 0.5) is 13.2 Å². The molecule has 2 saturated carbocycles. The van der Waals surface area contributed by atoms with Crippen LogP contribution in [0.5, 0.6) is 0 Å². The molecule has 1 aromatic rings. The van der Waals surface area contributed by atoms with Crippen LogP contribution < -0.4 is 0 Å². The van der Waals surface area contributed by atoms with E-state index >= 15 is 0 Å². The largest absolute Gasteiger partial charge is 0.204 e. The molecule has 0 aliphatic heterocycles. The predicted molar refractivity (Wildman–Crippen MR) is 91.4 cm³/mol. The summed E-state index contributed by atoms with van der Waals surface area (Å²) in [5, 5.41) is 0. The average Bonchev–Trinajstić information content (AvgIpc) is 2.61. The Balaban J connectivity index is 1.54. The molecule has 1 aromatic carbocycles. The molecule has 0 heterocycles. The first-order valence-electron chi connectivity index (χ1n) is 9.73. The molecule has 0 saturated heterocycles. The molecule has 134 valence electrons. The fourth-order valence-corrected chi connectivity index (χ4v) is 5.11. The Morgan fingerprint density at radius 3 is 1.96 bits per heavy atom. The molecular formula is C21H29F3. The van der Waals surface area contributed by atoms with Crippen molar-refractivity contribution in [3.63, 3.8) is 0 Å². The van der Waals surface area contributed by atoms with Crippen molar-refractivity contribution in [1.29, 1.82) is 0 Å². The molecule has 3 rings (SSSR count). The molecule has 2 aliphatic carbocycles. The lowest BCUT2D eigenvalue weighted by molar-refractivity contribution is 0.156. The Morgan fingerprint density at radius 2 is 1.38 bits per heavy atom. The van der Waals surface area contributed by atoms with Gasteiger partial charge in [-0.15, -0.1) is 0 Å². The van der Waals surface area contributed by atoms with Crippen LogP contribution in [0.2, 0.25) is 0 Å². The summed E-state index contributed by atoms with van der Waals surface area (Å²) in [6.07, 6.45) is 12.1. The van der Waals surface area contributed by atoms with Crippen molar-refractivity contribution in [2.75, 3.05) is 0 Å². The second kappa shape index (κ2) is 7.93. The first kappa shape index (κ1) is 17.8. The van der Waals surface area contributed by atoms with E-state index in [1.165, 1.54) is 44.6 Å². The normalized spacial score (nSPS) is 31.2. The fraction of sp³-hybridized carbons (Fsp3) is 0.714. The fourth-order valence-electron chi connectivity index (χ4n) is 5.11. The standard InChI is InChI=1S/C21H29F3/c1-2-3-14-4-6-15(7-5-14)16-8-10-17(11-9-16)18-12-13-19(22)21(24)20(18)23/h12-17H,2-11H2,1H3/t14-,15-,16-,17-. The summed E-state index contributed by atoms with van der Waals surface area (Å²) in [4.78, 5) is 0. The molecule has 0 unspecified atom stereocenters. The van der Waals surface area contributed by atoms with Crippen LogP contribution in [-0.4, -0.2) is 0 Å². The van der Waals surface area contributed by atoms with Gasteiger partial charge in [-0.05, 0) is 73.8 Å². The van der Waals surface area contributed by atoms with Gasteiger partial charge in [0.1, 0.15) is 0 Å². The molecule has 2 aliphatic rings. The van der Waals surface area contributed by atoms with E-state index in [-0.39, 0.29) is 5.92 Å². The zero-order valence-corrected chi connectivity index (χ0v) is 14.7. The topological polar surface area (TPSA) is 0 Å². The summed E-state index contributed by atoms with van der Waals surface area (Å²) in [7, 11) is 0. The summed E-state index contributed by atoms with van der Waals surface area (Å²) >= 11 is 0. The minimum absolute atomic E-state index is 0.0489. The molecule has 0 spiro atoms. The molecule has 0 radical (unpaired) electrons. The number of rotatable bonds is 4. The molecule has 0 atom stereocenters. The van der Waals surface area contributed by atoms with Gasteiger partial charge < -0.3 is 0 Å². The van der Waals surface area contributed by atoms with Crippen molar-refractivity contribution in [2.45, 2.75) is 77.0 Å². The number of benzene rings is 1. The minimum atomic E-state index is -1.32. The van der Waals surface area contributed by atoms with E-state index in [4.69, 9.17) is 0 Å². The van der Waals surface area contributed by atoms with Gasteiger partial charge in [0.05, 0.1) is 0 Å². The molecule has 0 nitrogen and oxygen atoms in total. The Kier molecular flexibility index (Phi) is 5.89. The minimum Gasteiger partial charge on any atom is -0.204 e. The van der Waals surface area contributed by atoms with Gasteiger partial charge in [0.15, 0.2) is 17.5 Å². The third kappa shape index (κ3) is 3.81. The maximum absolute atomic E-state index is 14.0. The summed E-state index contributed by atoms with van der Waals surface area (Å²) in [5.41, 5.74) is 0.374. The first-order valence-corrected chi connectivity index (χ1v) is 9.73. The Labute approximate surface area is 143 Å². The van der Waals surface area contributed by atoms with E-state index < -0.39 is 17.5 Å². The third-order valence-electron chi connectivity index (χ3n) is 6.53. The molecule has 0 bridgehead atoms. The number of halogens is 3. The second-order valence-corrected chi connectivity index (χ2v) is 7.95. The van der Waals surface area contributed by atoms with Gasteiger partial charge >= 0.3 is 0 Å². The average molecular weight is 338 g/mol. The highest BCUT2D eigenvalue weighted by atomic mass is 19.2. The van der Waals surface area contributed by atoms with Crippen LogP contribution in [0, 0.1) is 35.2 Å². The highest BCUT2D eigenvalue weighted by Crippen LogP contribution is 2.45. The van der Waals surface area contributed by atoms with Gasteiger partial charge in [0, 0.05) is 0 Å². The molecular weight excluding hydrogens is 309 g/mol. The van der Waals surface area contributed by atoms with E-state index in [2.05, 4.69) is 6.92 Å². The Bertz CT molecular complexity index is 538. The maximum atomic E-state index is 14.0. The summed E-state index contributed by atoms with van der Waals surface area (Å²) in [5.74, 6) is -0.825. The lowest BCUT2D eigenvalue weighted by atomic mass is 9.68. The lowest BCUT2D eigenvalue weighted by Gasteiger charge is -2.38. The van der Waals surface area contributed by atoms with Crippen molar-refractivity contribution in [3.8, 4) is 0 Å². The molecule has 2 fully saturated rings. The number of hydrogen-bond donors (Lipinski definition) is 0. The molecule has 24 heavy (non-hydrogen) atoms. The Hall–Kier alpha value is -0.990. The van der Waals surface area contributed by atoms with Crippen molar-refractivity contribution in [3.05, 3.63) is 35.1 Å². The van der Waals surface area contributed by atoms with E-state index in [1.807, 2.05) is 0 Å². The SMILES string of the molecule is CCC[C@H]1CC[C@H]([C@H]2CC[C@H](c3ccc(F)c(F)c3F)CC2)CC1. The van der Waals surface area contributed by atoms with Crippen LogP contribution in [0.25, 0.3) is 0 Å². The van der Waals surface area contributed by atoms with Crippen LogP contribution in [0.15, 0.2) is 12.1 Å². The maximum Gasteiger partial charge on any atom is 0.194 e. The quantitative estimate of drug-likeness (QED) is 0.519. The summed E-state index contributed by atoms with van der Waals surface area (Å²) in [6, 6.07) is 2.50. The van der Waals surface area contributed by atoms with Crippen molar-refractivity contribution < 1.29 is 13.2 Å². The van der Waals surface area contributed by atoms with Crippen LogP contribution in [-0.2, 0) is 0 Å².